The quantitative estimate of drug-likeness (QED) is 0.0297. The van der Waals surface area contributed by atoms with Crippen molar-refractivity contribution < 1.29 is 53.2 Å². The zero-order valence-electron chi connectivity index (χ0n) is 76.4. The Bertz CT molecular complexity index is 6510. The second kappa shape index (κ2) is 43.8. The van der Waals surface area contributed by atoms with Crippen molar-refractivity contribution in [3.05, 3.63) is 217 Å². The first-order valence-corrected chi connectivity index (χ1v) is 42.8. The van der Waals surface area contributed by atoms with Crippen molar-refractivity contribution in [3.8, 4) is 91.0 Å². The van der Waals surface area contributed by atoms with Gasteiger partial charge in [-0.1, -0.05) is 37.0 Å². The molecule has 0 amide bonds. The molecule has 16 rings (SSSR count). The van der Waals surface area contributed by atoms with E-state index in [1.807, 2.05) is 176 Å². The van der Waals surface area contributed by atoms with Gasteiger partial charge in [0.25, 0.3) is 0 Å². The monoisotopic (exact) mass is 1810 g/mol. The van der Waals surface area contributed by atoms with Crippen LogP contribution in [0.3, 0.4) is 0 Å². The second-order valence-corrected chi connectivity index (χ2v) is 31.6. The van der Waals surface area contributed by atoms with E-state index in [-0.39, 0.29) is 19.8 Å². The Morgan fingerprint density at radius 3 is 1.06 bits per heavy atom. The van der Waals surface area contributed by atoms with Crippen molar-refractivity contribution >= 4 is 113 Å². The highest BCUT2D eigenvalue weighted by atomic mass is 35.5. The maximum atomic E-state index is 9.74. The average molecular weight is 1820 g/mol. The molecule has 0 saturated carbocycles. The van der Waals surface area contributed by atoms with Gasteiger partial charge in [0.2, 0.25) is 0 Å². The molecule has 0 bridgehead atoms. The number of anilines is 8. The lowest BCUT2D eigenvalue weighted by Crippen LogP contribution is -2.33. The van der Waals surface area contributed by atoms with Gasteiger partial charge in [-0.2, -0.15) is 20.4 Å². The van der Waals surface area contributed by atoms with Crippen molar-refractivity contribution in [3.63, 3.8) is 0 Å². The number of benzene rings is 8. The number of methoxy groups -OCH3 is 8. The number of aromatic nitrogens is 16. The van der Waals surface area contributed by atoms with Crippen LogP contribution in [-0.4, -0.2) is 235 Å². The van der Waals surface area contributed by atoms with Crippen LogP contribution in [0.2, 0.25) is 10.0 Å². The fourth-order valence-electron chi connectivity index (χ4n) is 14.7. The lowest BCUT2D eigenvalue weighted by Gasteiger charge is -2.29. The maximum absolute atomic E-state index is 9.74. The lowest BCUT2D eigenvalue weighted by molar-refractivity contribution is 0.296. The fourth-order valence-corrected chi connectivity index (χ4v) is 15.4. The van der Waals surface area contributed by atoms with Crippen LogP contribution in [0.25, 0.3) is 89.2 Å². The SMILES string of the molecule is COc1cc(OC)c(Cl)c(N(CCNC(C)C)c2ccc3ncc(-c4cnn(C)c4)nc3c2)c1Cl.COc1cc(OC)cc(N(CCN(C)C)c2ccc3ncc(-c4cnn(C)c4)nc3c2)c1.COc1cc(OC)cc(N(CCO)c2ccc3ncc(-c4cnn(C)c4C)nc3c2)c1.COc1cc(OC)cc(N(CCO)c2ccc3ncc(-c4cnn(C)c4CCO)nc3c2)c1. The summed E-state index contributed by atoms with van der Waals surface area (Å²) >= 11 is 13.6. The molecule has 0 aliphatic heterocycles. The van der Waals surface area contributed by atoms with Crippen LogP contribution in [0.4, 0.5) is 45.5 Å². The van der Waals surface area contributed by atoms with Crippen molar-refractivity contribution in [2.24, 2.45) is 28.2 Å². The normalized spacial score (nSPS) is 11.1. The molecule has 0 fully saturated rings. The zero-order valence-corrected chi connectivity index (χ0v) is 77.9. The van der Waals surface area contributed by atoms with E-state index >= 15 is 0 Å². The molecule has 4 N–H and O–H groups in total. The summed E-state index contributed by atoms with van der Waals surface area (Å²) in [7, 11) is 24.5. The second-order valence-electron chi connectivity index (χ2n) is 30.8. The van der Waals surface area contributed by atoms with Gasteiger partial charge in [-0.15, -0.1) is 0 Å². The summed E-state index contributed by atoms with van der Waals surface area (Å²) < 4.78 is 50.7. The highest BCUT2D eigenvalue weighted by Crippen LogP contribution is 2.49. The first-order chi connectivity index (χ1) is 63.4. The molecule has 8 aromatic heterocycles. The molecule has 682 valence electrons. The molecule has 33 nitrogen and oxygen atoms in total. The molecular formula is C96H108Cl2N22O11. The van der Waals surface area contributed by atoms with Gasteiger partial charge in [0.05, 0.1) is 192 Å². The summed E-state index contributed by atoms with van der Waals surface area (Å²) in [6.45, 7) is 9.90. The van der Waals surface area contributed by atoms with Crippen LogP contribution in [0, 0.1) is 6.92 Å². The van der Waals surface area contributed by atoms with Crippen LogP contribution >= 0.6 is 23.2 Å². The van der Waals surface area contributed by atoms with E-state index in [2.05, 4.69) is 95.5 Å². The number of aryl methyl sites for hydroxylation is 4. The maximum Gasteiger partial charge on any atom is 0.143 e. The predicted octanol–water partition coefficient (Wildman–Crippen LogP) is 15.4. The summed E-state index contributed by atoms with van der Waals surface area (Å²) in [5.74, 6) is 5.10. The number of rotatable bonds is 33. The predicted molar refractivity (Wildman–Crippen MR) is 515 cm³/mol. The van der Waals surface area contributed by atoms with Gasteiger partial charge in [-0.05, 0) is 93.8 Å². The molecular weight excluding hydrogens is 1710 g/mol. The number of fused-ring (bicyclic) bond motifs is 4. The smallest absolute Gasteiger partial charge is 0.143 e. The lowest BCUT2D eigenvalue weighted by atomic mass is 10.1. The molecule has 131 heavy (non-hydrogen) atoms. The summed E-state index contributed by atoms with van der Waals surface area (Å²) in [6, 6.07) is 42.8. The number of nitrogens with one attached hydrogen (secondary N) is 1. The Morgan fingerprint density at radius 1 is 0.366 bits per heavy atom. The van der Waals surface area contributed by atoms with Crippen molar-refractivity contribution in [1.29, 1.82) is 0 Å². The number of aliphatic hydroxyl groups excluding tert-OH is 3. The highest BCUT2D eigenvalue weighted by Gasteiger charge is 2.26. The number of halogens is 2. The largest absolute Gasteiger partial charge is 0.497 e. The molecule has 8 aromatic carbocycles. The fraction of sp³-hybridized carbons (Fsp3) is 0.292. The number of likely N-dealkylation sites (N-methyl/N-ethyl adjacent to an activating group) is 1. The standard InChI is InChI=1S/C25H28Cl2N6O2.C24H28N6O2.C24H27N5O4.C23H25N5O3/c1-15(2)28-8-9-33(25-23(26)21(34-4)11-22(35-5)24(25)27)17-6-7-18-19(10-17)31-20(13-29-18)16-12-30-32(3)14-16;1-28(2)8-9-30(19-10-20(31-4)13-21(11-19)32-5)18-6-7-22-23(12-18)27-24(15-25-22)17-14-26-29(3)16-17;1-28-24(6-8-30)20(14-26-28)23-15-25-21-5-4-16(12-22(21)27-23)29(7-9-31)17-10-18(32-2)13-19(11-17)33-3;1-15-20(13-25-27(15)2)23-14-24-21-6-5-16(11-22(21)26-23)28(7-8-29)17-9-18(30-3)12-19(10-17)31-4/h6-7,10-15,28H,8-9H2,1-5H3;6-7,10-16H,8-9H2,1-5H3;4-5,10-15,30-31H,6-9H2,1-3H3;5-6,9-14,29H,7-8H2,1-4H3. The zero-order chi connectivity index (χ0) is 93.1. The Kier molecular flexibility index (Phi) is 31.6. The molecule has 0 atom stereocenters. The molecule has 16 aromatic rings. The highest BCUT2D eigenvalue weighted by molar-refractivity contribution is 6.41. The summed E-state index contributed by atoms with van der Waals surface area (Å²) in [4.78, 5) is 48.1. The van der Waals surface area contributed by atoms with E-state index in [0.717, 1.165) is 154 Å². The number of hydrogen-bond donors (Lipinski definition) is 4. The minimum atomic E-state index is -0.0382. The third kappa shape index (κ3) is 22.6. The van der Waals surface area contributed by atoms with Gasteiger partial charge in [0, 0.05) is 233 Å². The summed E-state index contributed by atoms with van der Waals surface area (Å²) in [5, 5.41) is 50.2. The number of aliphatic hydroxyl groups is 3. The van der Waals surface area contributed by atoms with Crippen LogP contribution in [0.1, 0.15) is 25.2 Å². The molecule has 8 heterocycles. The van der Waals surface area contributed by atoms with Crippen LogP contribution < -0.4 is 62.8 Å². The average Bonchev–Trinajstić information content (AvgIpc) is 1.76. The third-order valence-corrected chi connectivity index (χ3v) is 22.3. The molecule has 0 aliphatic carbocycles. The van der Waals surface area contributed by atoms with E-state index in [9.17, 15) is 15.3 Å². The summed E-state index contributed by atoms with van der Waals surface area (Å²) in [6.07, 6.45) is 18.5. The van der Waals surface area contributed by atoms with Crippen LogP contribution in [0.15, 0.2) is 195 Å². The number of ether oxygens (including phenoxy) is 8. The van der Waals surface area contributed by atoms with Crippen LogP contribution in [-0.2, 0) is 34.6 Å². The van der Waals surface area contributed by atoms with E-state index in [1.165, 1.54) is 0 Å². The Balaban J connectivity index is 0.000000149. The first-order valence-electron chi connectivity index (χ1n) is 42.1. The minimum Gasteiger partial charge on any atom is -0.497 e. The van der Waals surface area contributed by atoms with Gasteiger partial charge >= 0.3 is 0 Å². The van der Waals surface area contributed by atoms with Gasteiger partial charge in [-0.3, -0.25) is 38.7 Å². The topological polar surface area (TPSA) is 337 Å². The summed E-state index contributed by atoms with van der Waals surface area (Å²) in [5.41, 5.74) is 21.6. The minimum absolute atomic E-state index is 0.0157. The molecule has 0 unspecified atom stereocenters. The Morgan fingerprint density at radius 2 is 0.725 bits per heavy atom. The molecule has 0 radical (unpaired) electrons. The van der Waals surface area contributed by atoms with Crippen LogP contribution in [0.5, 0.6) is 46.0 Å². The molecule has 35 heteroatoms. The van der Waals surface area contributed by atoms with E-state index in [0.29, 0.717) is 100 Å². The first kappa shape index (κ1) is 94.5. The molecule has 0 spiro atoms. The van der Waals surface area contributed by atoms with Gasteiger partial charge in [0.15, 0.2) is 0 Å². The van der Waals surface area contributed by atoms with E-state index < -0.39 is 0 Å². The number of hydrogen-bond acceptors (Lipinski definition) is 29. The number of nitrogens with zero attached hydrogens (tertiary/aromatic N) is 21. The van der Waals surface area contributed by atoms with Crippen molar-refractivity contribution in [1.82, 2.24) is 89.2 Å². The van der Waals surface area contributed by atoms with Gasteiger partial charge in [0.1, 0.15) is 56.0 Å². The third-order valence-electron chi connectivity index (χ3n) is 21.6. The molecule has 0 aliphatic rings. The van der Waals surface area contributed by atoms with E-state index in [1.54, 1.807) is 133 Å². The Hall–Kier alpha value is -14.1. The van der Waals surface area contributed by atoms with Gasteiger partial charge < -0.3 is 83.0 Å². The van der Waals surface area contributed by atoms with E-state index in [4.69, 9.17) is 81.0 Å². The molecule has 0 saturated heterocycles. The van der Waals surface area contributed by atoms with Crippen molar-refractivity contribution in [2.75, 3.05) is 150 Å². The van der Waals surface area contributed by atoms with Gasteiger partial charge in [-0.25, -0.2) is 19.9 Å². The Labute approximate surface area is 769 Å². The van der Waals surface area contributed by atoms with Crippen molar-refractivity contribution in [2.45, 2.75) is 33.2 Å².